The van der Waals surface area contributed by atoms with Gasteiger partial charge in [-0.2, -0.15) is 0 Å². The average molecular weight is 358 g/mol. The number of carbonyl (C=O) groups excluding carboxylic acids is 1. The maximum Gasteiger partial charge on any atom is 0.269 e. The topological polar surface area (TPSA) is 41.9 Å². The number of rotatable bonds is 5. The minimum absolute atomic E-state index is 0.119. The highest BCUT2D eigenvalue weighted by Gasteiger charge is 2.29. The second kappa shape index (κ2) is 8.16. The third kappa shape index (κ3) is 4.60. The van der Waals surface area contributed by atoms with Crippen molar-refractivity contribution in [2.24, 2.45) is 4.99 Å². The standard InChI is InChI=1S/C19H19FN2O2S/c1-14(24-17-8-3-2-4-9-17)18(23)22-11-10-21-19(22)25-13-15-6-5-7-16(20)12-15/h2-9,12,14H,10-11,13H2,1H3/t14-/m0/s1. The van der Waals surface area contributed by atoms with E-state index in [1.807, 2.05) is 36.4 Å². The van der Waals surface area contributed by atoms with E-state index in [2.05, 4.69) is 4.99 Å². The Morgan fingerprint density at radius 3 is 2.84 bits per heavy atom. The van der Waals surface area contributed by atoms with E-state index in [4.69, 9.17) is 4.74 Å². The van der Waals surface area contributed by atoms with Gasteiger partial charge in [0.2, 0.25) is 0 Å². The molecule has 2 aromatic carbocycles. The Hall–Kier alpha value is -2.34. The van der Waals surface area contributed by atoms with E-state index in [1.54, 1.807) is 17.9 Å². The van der Waals surface area contributed by atoms with Crippen LogP contribution in [0.4, 0.5) is 4.39 Å². The van der Waals surface area contributed by atoms with Crippen LogP contribution in [0.2, 0.25) is 0 Å². The Balaban J connectivity index is 1.59. The zero-order valence-electron chi connectivity index (χ0n) is 13.9. The number of hydrogen-bond acceptors (Lipinski definition) is 4. The van der Waals surface area contributed by atoms with Crippen molar-refractivity contribution < 1.29 is 13.9 Å². The maximum atomic E-state index is 13.3. The molecule has 1 aliphatic heterocycles. The summed E-state index contributed by atoms with van der Waals surface area (Å²) in [6.07, 6.45) is -0.597. The van der Waals surface area contributed by atoms with Gasteiger partial charge in [-0.05, 0) is 36.8 Å². The number of carbonyl (C=O) groups is 1. The molecule has 0 unspecified atom stereocenters. The van der Waals surface area contributed by atoms with Gasteiger partial charge in [0.05, 0.1) is 6.54 Å². The molecule has 0 fully saturated rings. The molecule has 0 N–H and O–H groups in total. The molecule has 1 heterocycles. The van der Waals surface area contributed by atoms with Crippen molar-refractivity contribution in [2.75, 3.05) is 13.1 Å². The Kier molecular flexibility index (Phi) is 5.71. The van der Waals surface area contributed by atoms with Crippen LogP contribution in [0, 0.1) is 5.82 Å². The molecule has 0 aliphatic carbocycles. The van der Waals surface area contributed by atoms with Gasteiger partial charge in [-0.1, -0.05) is 42.1 Å². The van der Waals surface area contributed by atoms with E-state index in [1.165, 1.54) is 23.9 Å². The molecule has 1 aliphatic rings. The average Bonchev–Trinajstić information content (AvgIpc) is 3.08. The fraction of sp³-hybridized carbons (Fsp3) is 0.263. The summed E-state index contributed by atoms with van der Waals surface area (Å²) in [7, 11) is 0. The number of benzene rings is 2. The third-order valence-corrected chi connectivity index (χ3v) is 4.81. The molecule has 2 aromatic rings. The van der Waals surface area contributed by atoms with Crippen LogP contribution in [-0.2, 0) is 10.5 Å². The number of thioether (sulfide) groups is 1. The minimum atomic E-state index is -0.597. The summed E-state index contributed by atoms with van der Waals surface area (Å²) < 4.78 is 19.0. The van der Waals surface area contributed by atoms with E-state index in [9.17, 15) is 9.18 Å². The van der Waals surface area contributed by atoms with Gasteiger partial charge in [-0.15, -0.1) is 0 Å². The first kappa shape index (κ1) is 17.5. The fourth-order valence-corrected chi connectivity index (χ4v) is 3.50. The van der Waals surface area contributed by atoms with Crippen LogP contribution in [0.3, 0.4) is 0 Å². The molecule has 4 nitrogen and oxygen atoms in total. The maximum absolute atomic E-state index is 13.3. The summed E-state index contributed by atoms with van der Waals surface area (Å²) in [6, 6.07) is 15.7. The van der Waals surface area contributed by atoms with Gasteiger partial charge >= 0.3 is 0 Å². The van der Waals surface area contributed by atoms with Crippen LogP contribution in [-0.4, -0.2) is 35.2 Å². The van der Waals surface area contributed by atoms with E-state index in [-0.39, 0.29) is 11.7 Å². The molecule has 1 amide bonds. The van der Waals surface area contributed by atoms with Crippen LogP contribution in [0.1, 0.15) is 12.5 Å². The molecule has 1 atom stereocenters. The summed E-state index contributed by atoms with van der Waals surface area (Å²) in [5, 5.41) is 0.665. The summed E-state index contributed by atoms with van der Waals surface area (Å²) in [6.45, 7) is 2.87. The van der Waals surface area contributed by atoms with Crippen molar-refractivity contribution in [1.29, 1.82) is 0 Å². The first-order valence-corrected chi connectivity index (χ1v) is 9.07. The highest BCUT2D eigenvalue weighted by molar-refractivity contribution is 8.13. The Morgan fingerprint density at radius 1 is 1.28 bits per heavy atom. The second-order valence-corrected chi connectivity index (χ2v) is 6.59. The molecule has 0 spiro atoms. The highest BCUT2D eigenvalue weighted by Crippen LogP contribution is 2.21. The summed E-state index contributed by atoms with van der Waals surface area (Å²) in [5.74, 6) is 0.846. The van der Waals surface area contributed by atoms with Crippen molar-refractivity contribution >= 4 is 22.8 Å². The zero-order valence-corrected chi connectivity index (χ0v) is 14.7. The molecule has 0 aromatic heterocycles. The predicted octanol–water partition coefficient (Wildman–Crippen LogP) is 3.72. The number of para-hydroxylation sites is 1. The normalized spacial score (nSPS) is 15.0. The molecule has 6 heteroatoms. The number of nitrogens with zero attached hydrogens (tertiary/aromatic N) is 2. The van der Waals surface area contributed by atoms with E-state index >= 15 is 0 Å². The van der Waals surface area contributed by atoms with Crippen LogP contribution < -0.4 is 4.74 Å². The quantitative estimate of drug-likeness (QED) is 0.818. The molecule has 0 bridgehead atoms. The van der Waals surface area contributed by atoms with Gasteiger partial charge in [0.15, 0.2) is 11.3 Å². The van der Waals surface area contributed by atoms with E-state index in [0.717, 1.165) is 5.56 Å². The van der Waals surface area contributed by atoms with Crippen LogP contribution in [0.25, 0.3) is 0 Å². The van der Waals surface area contributed by atoms with Crippen molar-refractivity contribution in [3.63, 3.8) is 0 Å². The van der Waals surface area contributed by atoms with Crippen LogP contribution in [0.5, 0.6) is 5.75 Å². The number of amides is 1. The summed E-state index contributed by atoms with van der Waals surface area (Å²) in [4.78, 5) is 18.7. The molecule has 0 saturated carbocycles. The Labute approximate surface area is 150 Å². The first-order chi connectivity index (χ1) is 12.1. The lowest BCUT2D eigenvalue weighted by molar-refractivity contribution is -0.133. The predicted molar refractivity (Wildman–Crippen MR) is 98.2 cm³/mol. The molecular weight excluding hydrogens is 339 g/mol. The smallest absolute Gasteiger partial charge is 0.269 e. The molecule has 130 valence electrons. The lowest BCUT2D eigenvalue weighted by Crippen LogP contribution is -2.41. The van der Waals surface area contributed by atoms with Crippen molar-refractivity contribution in [2.45, 2.75) is 18.8 Å². The Morgan fingerprint density at radius 2 is 2.08 bits per heavy atom. The highest BCUT2D eigenvalue weighted by atomic mass is 32.2. The molecule has 0 radical (unpaired) electrons. The summed E-state index contributed by atoms with van der Waals surface area (Å²) >= 11 is 1.44. The molecule has 25 heavy (non-hydrogen) atoms. The van der Waals surface area contributed by atoms with Crippen LogP contribution in [0.15, 0.2) is 59.6 Å². The first-order valence-electron chi connectivity index (χ1n) is 8.08. The summed E-state index contributed by atoms with van der Waals surface area (Å²) in [5.41, 5.74) is 0.862. The second-order valence-electron chi connectivity index (χ2n) is 5.65. The van der Waals surface area contributed by atoms with Crippen molar-refractivity contribution in [1.82, 2.24) is 4.90 Å². The van der Waals surface area contributed by atoms with E-state index in [0.29, 0.717) is 29.8 Å². The number of hydrogen-bond donors (Lipinski definition) is 0. The Bertz CT molecular complexity index is 767. The third-order valence-electron chi connectivity index (χ3n) is 3.73. The number of halogens is 1. The molecule has 3 rings (SSSR count). The van der Waals surface area contributed by atoms with Gasteiger partial charge in [-0.3, -0.25) is 14.7 Å². The molecule has 0 saturated heterocycles. The SMILES string of the molecule is C[C@H](Oc1ccccc1)C(=O)N1CCN=C1SCc1cccc(F)c1. The minimum Gasteiger partial charge on any atom is -0.481 e. The van der Waals surface area contributed by atoms with Gasteiger partial charge in [0.1, 0.15) is 11.6 Å². The van der Waals surface area contributed by atoms with Gasteiger partial charge in [0.25, 0.3) is 5.91 Å². The number of amidine groups is 1. The van der Waals surface area contributed by atoms with Crippen molar-refractivity contribution in [3.05, 3.63) is 66.0 Å². The zero-order chi connectivity index (χ0) is 17.6. The molecular formula is C19H19FN2O2S. The monoisotopic (exact) mass is 358 g/mol. The van der Waals surface area contributed by atoms with E-state index < -0.39 is 6.10 Å². The van der Waals surface area contributed by atoms with Gasteiger partial charge in [0, 0.05) is 12.3 Å². The largest absolute Gasteiger partial charge is 0.481 e. The van der Waals surface area contributed by atoms with Crippen LogP contribution >= 0.6 is 11.8 Å². The fourth-order valence-electron chi connectivity index (χ4n) is 2.50. The van der Waals surface area contributed by atoms with Crippen molar-refractivity contribution in [3.8, 4) is 5.75 Å². The van der Waals surface area contributed by atoms with Gasteiger partial charge < -0.3 is 4.74 Å². The number of aliphatic imine (C=N–C) groups is 1. The van der Waals surface area contributed by atoms with Gasteiger partial charge in [-0.25, -0.2) is 4.39 Å². The number of ether oxygens (including phenoxy) is 1. The lowest BCUT2D eigenvalue weighted by Gasteiger charge is -2.22. The lowest BCUT2D eigenvalue weighted by atomic mass is 10.2.